The van der Waals surface area contributed by atoms with Gasteiger partial charge in [0.25, 0.3) is 0 Å². The Kier molecular flexibility index (Phi) is 5.50. The van der Waals surface area contributed by atoms with Gasteiger partial charge < -0.3 is 14.4 Å². The van der Waals surface area contributed by atoms with Crippen LogP contribution in [0.15, 0.2) is 30.4 Å². The van der Waals surface area contributed by atoms with E-state index in [-0.39, 0.29) is 11.5 Å². The van der Waals surface area contributed by atoms with Crippen LogP contribution in [0, 0.1) is 0 Å². The summed E-state index contributed by atoms with van der Waals surface area (Å²) >= 11 is 0. The highest BCUT2D eigenvalue weighted by molar-refractivity contribution is 5.49. The van der Waals surface area contributed by atoms with Crippen molar-refractivity contribution in [2.24, 2.45) is 0 Å². The maximum absolute atomic E-state index is 6.53. The second-order valence-electron chi connectivity index (χ2n) is 8.97. The molecule has 1 saturated carbocycles. The van der Waals surface area contributed by atoms with Crippen LogP contribution in [0.25, 0.3) is 0 Å². The molecule has 0 bridgehead atoms. The van der Waals surface area contributed by atoms with Gasteiger partial charge in [-0.2, -0.15) is 0 Å². The molecule has 1 unspecified atom stereocenters. The van der Waals surface area contributed by atoms with Crippen molar-refractivity contribution in [2.75, 3.05) is 13.6 Å². The van der Waals surface area contributed by atoms with Crippen molar-refractivity contribution in [3.8, 4) is 11.5 Å². The Morgan fingerprint density at radius 2 is 1.89 bits per heavy atom. The third kappa shape index (κ3) is 3.76. The number of fused-ring (bicyclic) bond motifs is 1. The van der Waals surface area contributed by atoms with Crippen molar-refractivity contribution >= 4 is 0 Å². The third-order valence-electron chi connectivity index (χ3n) is 6.72. The second-order valence-corrected chi connectivity index (χ2v) is 8.97. The molecule has 2 aliphatic carbocycles. The van der Waals surface area contributed by atoms with E-state index >= 15 is 0 Å². The summed E-state index contributed by atoms with van der Waals surface area (Å²) in [6.45, 7) is 5.34. The van der Waals surface area contributed by atoms with Gasteiger partial charge in [-0.05, 0) is 90.1 Å². The van der Waals surface area contributed by atoms with Crippen LogP contribution in [0.1, 0.15) is 70.8 Å². The van der Waals surface area contributed by atoms with Gasteiger partial charge >= 0.3 is 0 Å². The molecule has 0 N–H and O–H groups in total. The lowest BCUT2D eigenvalue weighted by atomic mass is 9.70. The second kappa shape index (κ2) is 7.87. The minimum absolute atomic E-state index is 0.133. The zero-order valence-corrected chi connectivity index (χ0v) is 17.2. The van der Waals surface area contributed by atoms with Crippen molar-refractivity contribution < 1.29 is 9.47 Å². The number of benzene rings is 1. The van der Waals surface area contributed by atoms with Crippen molar-refractivity contribution in [1.82, 2.24) is 4.90 Å². The molecule has 0 radical (unpaired) electrons. The van der Waals surface area contributed by atoms with Gasteiger partial charge in [-0.3, -0.25) is 0 Å². The monoisotopic (exact) mass is 369 g/mol. The summed E-state index contributed by atoms with van der Waals surface area (Å²) in [5.74, 6) is 1.85. The minimum Gasteiger partial charge on any atom is -0.487 e. The predicted molar refractivity (Wildman–Crippen MR) is 111 cm³/mol. The van der Waals surface area contributed by atoms with Crippen LogP contribution in [0.5, 0.6) is 11.5 Å². The topological polar surface area (TPSA) is 21.7 Å². The average molecular weight is 370 g/mol. The van der Waals surface area contributed by atoms with E-state index in [9.17, 15) is 0 Å². The summed E-state index contributed by atoms with van der Waals surface area (Å²) in [6, 6.07) is 7.34. The van der Waals surface area contributed by atoms with Gasteiger partial charge in [0, 0.05) is 11.5 Å². The zero-order valence-electron chi connectivity index (χ0n) is 17.2. The molecule has 3 nitrogen and oxygen atoms in total. The Morgan fingerprint density at radius 1 is 1.07 bits per heavy atom. The molecule has 1 heterocycles. The van der Waals surface area contributed by atoms with Crippen LogP contribution in [0.3, 0.4) is 0 Å². The highest BCUT2D eigenvalue weighted by atomic mass is 16.5. The van der Waals surface area contributed by atoms with E-state index in [1.165, 1.54) is 56.9 Å². The molecule has 0 amide bonds. The molecule has 1 aromatic rings. The molecule has 2 fully saturated rings. The lowest BCUT2D eigenvalue weighted by Gasteiger charge is -2.38. The Hall–Kier alpha value is -1.48. The fourth-order valence-electron chi connectivity index (χ4n) is 5.33. The van der Waals surface area contributed by atoms with Gasteiger partial charge in [-0.25, -0.2) is 0 Å². The predicted octanol–water partition coefficient (Wildman–Crippen LogP) is 5.48. The number of allylic oxidation sites excluding steroid dienone is 1. The van der Waals surface area contributed by atoms with E-state index < -0.39 is 0 Å². The molecule has 3 aliphatic rings. The third-order valence-corrected chi connectivity index (χ3v) is 6.72. The van der Waals surface area contributed by atoms with E-state index in [4.69, 9.17) is 9.47 Å². The summed E-state index contributed by atoms with van der Waals surface area (Å²) in [5, 5.41) is 0. The molecule has 2 atom stereocenters. The largest absolute Gasteiger partial charge is 0.487 e. The first-order valence-corrected chi connectivity index (χ1v) is 10.9. The van der Waals surface area contributed by atoms with Gasteiger partial charge in [-0.1, -0.05) is 24.6 Å². The Labute approximate surface area is 164 Å². The average Bonchev–Trinajstić information content (AvgIpc) is 3.02. The Bertz CT molecular complexity index is 677. The lowest BCUT2D eigenvalue weighted by molar-refractivity contribution is 0.141. The number of ether oxygens (including phenoxy) is 2. The molecule has 27 heavy (non-hydrogen) atoms. The quantitative estimate of drug-likeness (QED) is 0.642. The fraction of sp³-hybridized carbons (Fsp3) is 0.667. The fourth-order valence-corrected chi connectivity index (χ4v) is 5.33. The van der Waals surface area contributed by atoms with Crippen molar-refractivity contribution in [2.45, 2.75) is 88.9 Å². The number of likely N-dealkylation sites (N-methyl/N-ethyl adjacent to an activating group) is 1. The van der Waals surface area contributed by atoms with E-state index in [2.05, 4.69) is 56.1 Å². The van der Waals surface area contributed by atoms with Crippen molar-refractivity contribution in [3.05, 3.63) is 35.9 Å². The first-order chi connectivity index (χ1) is 13.1. The summed E-state index contributed by atoms with van der Waals surface area (Å²) in [4.78, 5) is 2.55. The SMILES string of the molecule is CC(C)Oc1ccc([C@@]23C=CCCC2N(C)CC3)cc1OC1CCCCC1. The molecule has 1 aromatic carbocycles. The van der Waals surface area contributed by atoms with Crippen LogP contribution in [-0.2, 0) is 5.41 Å². The smallest absolute Gasteiger partial charge is 0.161 e. The van der Waals surface area contributed by atoms with Crippen molar-refractivity contribution in [3.63, 3.8) is 0 Å². The molecule has 1 saturated heterocycles. The molecule has 0 spiro atoms. The van der Waals surface area contributed by atoms with Crippen LogP contribution in [0.2, 0.25) is 0 Å². The number of rotatable bonds is 5. The van der Waals surface area contributed by atoms with Gasteiger partial charge in [0.05, 0.1) is 12.2 Å². The molecule has 3 heteroatoms. The van der Waals surface area contributed by atoms with E-state index in [0.29, 0.717) is 12.1 Å². The normalized spacial score (nSPS) is 29.1. The Morgan fingerprint density at radius 3 is 2.67 bits per heavy atom. The highest BCUT2D eigenvalue weighted by Gasteiger charge is 2.46. The summed E-state index contributed by atoms with van der Waals surface area (Å²) in [7, 11) is 2.28. The molecular formula is C24H35NO2. The van der Waals surface area contributed by atoms with Crippen LogP contribution in [-0.4, -0.2) is 36.7 Å². The van der Waals surface area contributed by atoms with Gasteiger partial charge in [-0.15, -0.1) is 0 Å². The molecule has 4 rings (SSSR count). The summed E-state index contributed by atoms with van der Waals surface area (Å²) in [6.07, 6.45) is 15.2. The standard InChI is InChI=1S/C24H35NO2/c1-18(2)26-21-13-12-19(17-22(21)27-20-9-5-4-6-10-20)24-14-8-7-11-23(24)25(3)16-15-24/h8,12-14,17-18,20,23H,4-7,9-11,15-16H2,1-3H3/t23?,24-/m0/s1. The zero-order chi connectivity index (χ0) is 18.9. The van der Waals surface area contributed by atoms with Gasteiger partial charge in [0.15, 0.2) is 11.5 Å². The first kappa shape index (κ1) is 18.9. The van der Waals surface area contributed by atoms with E-state index in [0.717, 1.165) is 18.0 Å². The van der Waals surface area contributed by atoms with Crippen LogP contribution in [0.4, 0.5) is 0 Å². The Balaban J connectivity index is 1.68. The minimum atomic E-state index is 0.133. The number of nitrogens with zero attached hydrogens (tertiary/aromatic N) is 1. The van der Waals surface area contributed by atoms with Crippen LogP contribution >= 0.6 is 0 Å². The van der Waals surface area contributed by atoms with E-state index in [1.807, 2.05) is 0 Å². The lowest BCUT2D eigenvalue weighted by Crippen LogP contribution is -2.41. The van der Waals surface area contributed by atoms with Gasteiger partial charge in [0.1, 0.15) is 0 Å². The molecule has 1 aliphatic heterocycles. The first-order valence-electron chi connectivity index (χ1n) is 10.9. The molecular weight excluding hydrogens is 334 g/mol. The molecule has 0 aromatic heterocycles. The van der Waals surface area contributed by atoms with Gasteiger partial charge in [0.2, 0.25) is 0 Å². The number of likely N-dealkylation sites (tertiary alicyclic amines) is 1. The van der Waals surface area contributed by atoms with E-state index in [1.54, 1.807) is 0 Å². The molecule has 148 valence electrons. The highest BCUT2D eigenvalue weighted by Crippen LogP contribution is 2.47. The maximum Gasteiger partial charge on any atom is 0.161 e. The number of hydrogen-bond donors (Lipinski definition) is 0. The summed E-state index contributed by atoms with van der Waals surface area (Å²) in [5.41, 5.74) is 1.53. The van der Waals surface area contributed by atoms with Crippen molar-refractivity contribution in [1.29, 1.82) is 0 Å². The number of hydrogen-bond acceptors (Lipinski definition) is 3. The summed E-state index contributed by atoms with van der Waals surface area (Å²) < 4.78 is 12.6. The maximum atomic E-state index is 6.53. The van der Waals surface area contributed by atoms with Crippen LogP contribution < -0.4 is 9.47 Å².